The molecule has 1 heterocycles. The van der Waals surface area contributed by atoms with Crippen LogP contribution in [0.2, 0.25) is 0 Å². The van der Waals surface area contributed by atoms with E-state index in [1.165, 1.54) is 18.2 Å². The predicted molar refractivity (Wildman–Crippen MR) is 109 cm³/mol. The van der Waals surface area contributed by atoms with E-state index in [0.29, 0.717) is 17.9 Å². The molecule has 9 heteroatoms. The summed E-state index contributed by atoms with van der Waals surface area (Å²) in [6, 6.07) is 11.3. The van der Waals surface area contributed by atoms with Crippen LogP contribution >= 0.6 is 0 Å². The lowest BCUT2D eigenvalue weighted by molar-refractivity contribution is -0.385. The van der Waals surface area contributed by atoms with Crippen LogP contribution in [0.15, 0.2) is 54.1 Å². The molecule has 0 saturated heterocycles. The molecule has 0 aliphatic carbocycles. The summed E-state index contributed by atoms with van der Waals surface area (Å²) in [6.45, 7) is 3.86. The molecule has 0 radical (unpaired) electrons. The molecule has 1 aliphatic heterocycles. The Labute approximate surface area is 172 Å². The van der Waals surface area contributed by atoms with Crippen LogP contribution in [-0.2, 0) is 9.53 Å². The summed E-state index contributed by atoms with van der Waals surface area (Å²) in [5.74, 6) is -0.327. The Kier molecular flexibility index (Phi) is 6.31. The molecule has 1 atom stereocenters. The van der Waals surface area contributed by atoms with Crippen LogP contribution in [0.3, 0.4) is 0 Å². The number of hydrogen-bond donors (Lipinski definition) is 2. The number of rotatable bonds is 7. The Bertz CT molecular complexity index is 1000. The fourth-order valence-corrected chi connectivity index (χ4v) is 3.22. The van der Waals surface area contributed by atoms with Crippen molar-refractivity contribution in [2.24, 2.45) is 0 Å². The number of carbonyl (C=O) groups excluding carboxylic acids is 2. The zero-order valence-electron chi connectivity index (χ0n) is 16.5. The molecule has 0 saturated carbocycles. The first-order valence-electron chi connectivity index (χ1n) is 9.41. The van der Waals surface area contributed by atoms with Crippen molar-refractivity contribution < 1.29 is 24.0 Å². The highest BCUT2D eigenvalue weighted by atomic mass is 16.6. The van der Waals surface area contributed by atoms with Crippen LogP contribution in [0.1, 0.15) is 31.0 Å². The van der Waals surface area contributed by atoms with E-state index in [0.717, 1.165) is 0 Å². The first-order chi connectivity index (χ1) is 14.5. The molecular formula is C21H21N3O6. The summed E-state index contributed by atoms with van der Waals surface area (Å²) < 4.78 is 10.9. The van der Waals surface area contributed by atoms with Gasteiger partial charge in [0.15, 0.2) is 0 Å². The van der Waals surface area contributed by atoms with Crippen LogP contribution in [0.4, 0.5) is 10.5 Å². The summed E-state index contributed by atoms with van der Waals surface area (Å²) in [6.07, 6.45) is 0. The van der Waals surface area contributed by atoms with Crippen molar-refractivity contribution in [3.05, 3.63) is 75.3 Å². The number of non-ortho nitro benzene ring substituents is 1. The van der Waals surface area contributed by atoms with Gasteiger partial charge in [0, 0.05) is 17.7 Å². The number of ether oxygens (including phenoxy) is 2. The molecule has 9 nitrogen and oxygen atoms in total. The Morgan fingerprint density at radius 3 is 2.50 bits per heavy atom. The van der Waals surface area contributed by atoms with Gasteiger partial charge < -0.3 is 20.1 Å². The van der Waals surface area contributed by atoms with Crippen molar-refractivity contribution in [1.82, 2.24) is 10.6 Å². The van der Waals surface area contributed by atoms with Crippen molar-refractivity contribution in [1.29, 1.82) is 0 Å². The second kappa shape index (κ2) is 9.08. The number of nitrogens with one attached hydrogen (secondary N) is 2. The fourth-order valence-electron chi connectivity index (χ4n) is 3.22. The molecular weight excluding hydrogens is 390 g/mol. The Balaban J connectivity index is 2.25. The standard InChI is InChI=1S/C21H21N3O6/c1-3-29-16-11-10-14(24(27)28)12-15(16)19-17(20(25)30-4-2)18(22-21(26)23-19)13-8-6-5-7-9-13/h5-12,19H,3-4H2,1-2H3,(H2,22,23,26). The first-order valence-corrected chi connectivity index (χ1v) is 9.41. The quantitative estimate of drug-likeness (QED) is 0.410. The summed E-state index contributed by atoms with van der Waals surface area (Å²) in [4.78, 5) is 36.2. The third-order valence-corrected chi connectivity index (χ3v) is 4.44. The van der Waals surface area contributed by atoms with Crippen molar-refractivity contribution in [2.45, 2.75) is 19.9 Å². The van der Waals surface area contributed by atoms with Crippen molar-refractivity contribution in [2.75, 3.05) is 13.2 Å². The largest absolute Gasteiger partial charge is 0.493 e. The van der Waals surface area contributed by atoms with Crippen molar-refractivity contribution in [3.63, 3.8) is 0 Å². The van der Waals surface area contributed by atoms with Crippen LogP contribution in [0.5, 0.6) is 5.75 Å². The van der Waals surface area contributed by atoms with Gasteiger partial charge in [-0.05, 0) is 25.5 Å². The number of nitro groups is 1. The number of nitrogens with zero attached hydrogens (tertiary/aromatic N) is 1. The molecule has 2 N–H and O–H groups in total. The summed E-state index contributed by atoms with van der Waals surface area (Å²) in [5.41, 5.74) is 1.10. The number of benzene rings is 2. The number of hydrogen-bond acceptors (Lipinski definition) is 6. The third-order valence-electron chi connectivity index (χ3n) is 4.44. The molecule has 0 fully saturated rings. The van der Waals surface area contributed by atoms with Crippen LogP contribution < -0.4 is 15.4 Å². The monoisotopic (exact) mass is 411 g/mol. The zero-order chi connectivity index (χ0) is 21.7. The molecule has 0 spiro atoms. The minimum atomic E-state index is -1.01. The van der Waals surface area contributed by atoms with E-state index in [1.54, 1.807) is 38.1 Å². The molecule has 1 unspecified atom stereocenters. The van der Waals surface area contributed by atoms with Gasteiger partial charge >= 0.3 is 12.0 Å². The van der Waals surface area contributed by atoms with Gasteiger partial charge in [-0.1, -0.05) is 30.3 Å². The number of nitro benzene ring substituents is 1. The highest BCUT2D eigenvalue weighted by Gasteiger charge is 2.36. The van der Waals surface area contributed by atoms with Gasteiger partial charge in [-0.3, -0.25) is 10.1 Å². The molecule has 2 amide bonds. The molecule has 0 aromatic heterocycles. The van der Waals surface area contributed by atoms with E-state index in [2.05, 4.69) is 10.6 Å². The van der Waals surface area contributed by atoms with E-state index in [4.69, 9.17) is 9.47 Å². The smallest absolute Gasteiger partial charge is 0.338 e. The normalized spacial score (nSPS) is 15.8. The SMILES string of the molecule is CCOC(=O)C1=C(c2ccccc2)NC(=O)NC1c1cc([N+](=O)[O-])ccc1OCC. The van der Waals surface area contributed by atoms with Crippen LogP contribution in [0, 0.1) is 10.1 Å². The lowest BCUT2D eigenvalue weighted by Crippen LogP contribution is -2.45. The first kappa shape index (κ1) is 20.8. The summed E-state index contributed by atoms with van der Waals surface area (Å²) in [7, 11) is 0. The van der Waals surface area contributed by atoms with Gasteiger partial charge in [-0.25, -0.2) is 9.59 Å². The van der Waals surface area contributed by atoms with Crippen LogP contribution in [-0.4, -0.2) is 30.1 Å². The minimum Gasteiger partial charge on any atom is -0.493 e. The highest BCUT2D eigenvalue weighted by molar-refractivity contribution is 6.04. The Hall–Kier alpha value is -3.88. The molecule has 2 aromatic rings. The van der Waals surface area contributed by atoms with E-state index in [9.17, 15) is 19.7 Å². The highest BCUT2D eigenvalue weighted by Crippen LogP contribution is 2.38. The Morgan fingerprint density at radius 1 is 1.13 bits per heavy atom. The number of amides is 2. The lowest BCUT2D eigenvalue weighted by Gasteiger charge is -2.30. The van der Waals surface area contributed by atoms with Crippen molar-refractivity contribution >= 4 is 23.4 Å². The second-order valence-electron chi connectivity index (χ2n) is 6.32. The predicted octanol–water partition coefficient (Wildman–Crippen LogP) is 3.32. The molecule has 30 heavy (non-hydrogen) atoms. The molecule has 156 valence electrons. The topological polar surface area (TPSA) is 120 Å². The van der Waals surface area contributed by atoms with E-state index >= 15 is 0 Å². The van der Waals surface area contributed by atoms with Crippen LogP contribution in [0.25, 0.3) is 5.70 Å². The van der Waals surface area contributed by atoms with E-state index in [-0.39, 0.29) is 29.1 Å². The lowest BCUT2D eigenvalue weighted by atomic mass is 9.91. The third kappa shape index (κ3) is 4.24. The maximum Gasteiger partial charge on any atom is 0.338 e. The van der Waals surface area contributed by atoms with E-state index < -0.39 is 23.0 Å². The van der Waals surface area contributed by atoms with E-state index in [1.807, 2.05) is 6.07 Å². The van der Waals surface area contributed by atoms with Gasteiger partial charge in [0.2, 0.25) is 0 Å². The van der Waals surface area contributed by atoms with Gasteiger partial charge in [0.25, 0.3) is 5.69 Å². The second-order valence-corrected chi connectivity index (χ2v) is 6.32. The van der Waals surface area contributed by atoms with Gasteiger partial charge in [0.05, 0.1) is 35.4 Å². The summed E-state index contributed by atoms with van der Waals surface area (Å²) in [5, 5.41) is 16.7. The van der Waals surface area contributed by atoms with Gasteiger partial charge in [0.1, 0.15) is 5.75 Å². The molecule has 3 rings (SSSR count). The van der Waals surface area contributed by atoms with Crippen molar-refractivity contribution in [3.8, 4) is 5.75 Å². The zero-order valence-corrected chi connectivity index (χ0v) is 16.5. The minimum absolute atomic E-state index is 0.123. The average molecular weight is 411 g/mol. The fraction of sp³-hybridized carbons (Fsp3) is 0.238. The maximum absolute atomic E-state index is 12.9. The molecule has 2 aromatic carbocycles. The number of esters is 1. The molecule has 0 bridgehead atoms. The van der Waals surface area contributed by atoms with Gasteiger partial charge in [-0.2, -0.15) is 0 Å². The summed E-state index contributed by atoms with van der Waals surface area (Å²) >= 11 is 0. The average Bonchev–Trinajstić information content (AvgIpc) is 2.74. The van der Waals surface area contributed by atoms with Gasteiger partial charge in [-0.15, -0.1) is 0 Å². The Morgan fingerprint density at radius 2 is 1.87 bits per heavy atom. The molecule has 1 aliphatic rings. The number of urea groups is 1. The number of carbonyl (C=O) groups is 2. The maximum atomic E-state index is 12.9.